The summed E-state index contributed by atoms with van der Waals surface area (Å²) in [6, 6.07) is 6.49. The molecule has 86 valence electrons. The summed E-state index contributed by atoms with van der Waals surface area (Å²) in [5.41, 5.74) is 0. The Labute approximate surface area is 93.6 Å². The van der Waals surface area contributed by atoms with Crippen molar-refractivity contribution in [1.29, 1.82) is 0 Å². The van der Waals surface area contributed by atoms with Crippen LogP contribution in [0, 0.1) is 0 Å². The van der Waals surface area contributed by atoms with Gasteiger partial charge in [0.2, 0.25) is 0 Å². The summed E-state index contributed by atoms with van der Waals surface area (Å²) < 4.78 is 5.44. The quantitative estimate of drug-likeness (QED) is 0.792. The minimum atomic E-state index is -0.0330. The van der Waals surface area contributed by atoms with E-state index in [4.69, 9.17) is 9.84 Å². The van der Waals surface area contributed by atoms with Crippen molar-refractivity contribution in [1.82, 2.24) is 10.2 Å². The average molecular weight is 222 g/mol. The van der Waals surface area contributed by atoms with Gasteiger partial charge in [0, 0.05) is 13.1 Å². The molecule has 1 aliphatic rings. The molecule has 0 unspecified atom stereocenters. The third-order valence-electron chi connectivity index (χ3n) is 2.41. The minimum absolute atomic E-state index is 0.0330. The zero-order valence-electron chi connectivity index (χ0n) is 8.85. The number of urea groups is 1. The lowest BCUT2D eigenvalue weighted by Gasteiger charge is -2.14. The molecule has 0 aromatic heterocycles. The van der Waals surface area contributed by atoms with E-state index in [0.29, 0.717) is 25.4 Å². The van der Waals surface area contributed by atoms with Crippen LogP contribution in [0.4, 0.5) is 4.79 Å². The van der Waals surface area contributed by atoms with E-state index in [9.17, 15) is 4.79 Å². The van der Waals surface area contributed by atoms with Crippen LogP contribution in [0.25, 0.3) is 0 Å². The number of rotatable bonds is 4. The highest BCUT2D eigenvalue weighted by Gasteiger charge is 2.18. The minimum Gasteiger partial charge on any atom is -0.508 e. The number of aromatic hydroxyl groups is 1. The van der Waals surface area contributed by atoms with Crippen LogP contribution < -0.4 is 10.1 Å². The largest absolute Gasteiger partial charge is 0.508 e. The number of amides is 2. The summed E-state index contributed by atoms with van der Waals surface area (Å²) in [6.07, 6.45) is 0. The predicted octanol–water partition coefficient (Wildman–Crippen LogP) is 0.796. The van der Waals surface area contributed by atoms with E-state index >= 15 is 0 Å². The van der Waals surface area contributed by atoms with Crippen LogP contribution >= 0.6 is 0 Å². The number of nitrogens with zero attached hydrogens (tertiary/aromatic N) is 1. The number of carbonyl (C=O) groups excluding carboxylic acids is 1. The third-order valence-corrected chi connectivity index (χ3v) is 2.41. The van der Waals surface area contributed by atoms with Gasteiger partial charge in [0.05, 0.1) is 6.54 Å². The van der Waals surface area contributed by atoms with Gasteiger partial charge in [0.1, 0.15) is 18.1 Å². The van der Waals surface area contributed by atoms with E-state index in [1.807, 2.05) is 0 Å². The molecular formula is C11H14N2O3. The van der Waals surface area contributed by atoms with Crippen molar-refractivity contribution in [3.8, 4) is 11.5 Å². The lowest BCUT2D eigenvalue weighted by atomic mass is 10.3. The third kappa shape index (κ3) is 2.56. The molecular weight excluding hydrogens is 208 g/mol. The molecule has 1 heterocycles. The standard InChI is InChI=1S/C11H14N2O3/c14-9-1-3-10(4-2-9)16-8-7-13-6-5-12-11(13)15/h1-4,14H,5-8H2,(H,12,15). The maximum absolute atomic E-state index is 11.2. The Morgan fingerprint density at radius 2 is 2.12 bits per heavy atom. The first-order valence-corrected chi connectivity index (χ1v) is 5.20. The highest BCUT2D eigenvalue weighted by atomic mass is 16.5. The summed E-state index contributed by atoms with van der Waals surface area (Å²) in [7, 11) is 0. The number of hydrogen-bond acceptors (Lipinski definition) is 3. The predicted molar refractivity (Wildman–Crippen MR) is 58.6 cm³/mol. The Morgan fingerprint density at radius 1 is 1.38 bits per heavy atom. The molecule has 5 heteroatoms. The van der Waals surface area contributed by atoms with Gasteiger partial charge >= 0.3 is 6.03 Å². The number of nitrogens with one attached hydrogen (secondary N) is 1. The van der Waals surface area contributed by atoms with Crippen LogP contribution in [0.15, 0.2) is 24.3 Å². The second kappa shape index (κ2) is 4.74. The number of phenolic OH excluding ortho intramolecular Hbond substituents is 1. The summed E-state index contributed by atoms with van der Waals surface area (Å²) in [5.74, 6) is 0.906. The highest BCUT2D eigenvalue weighted by molar-refractivity contribution is 5.76. The van der Waals surface area contributed by atoms with Crippen molar-refractivity contribution in [3.63, 3.8) is 0 Å². The van der Waals surface area contributed by atoms with Crippen LogP contribution in [-0.4, -0.2) is 42.3 Å². The van der Waals surface area contributed by atoms with Crippen molar-refractivity contribution in [2.24, 2.45) is 0 Å². The van der Waals surface area contributed by atoms with Crippen molar-refractivity contribution in [3.05, 3.63) is 24.3 Å². The molecule has 1 aliphatic heterocycles. The molecule has 16 heavy (non-hydrogen) atoms. The number of ether oxygens (including phenoxy) is 1. The van der Waals surface area contributed by atoms with Gasteiger partial charge in [-0.15, -0.1) is 0 Å². The summed E-state index contributed by atoms with van der Waals surface area (Å²) >= 11 is 0. The van der Waals surface area contributed by atoms with Crippen LogP contribution in [0.5, 0.6) is 11.5 Å². The zero-order chi connectivity index (χ0) is 11.4. The Bertz CT molecular complexity index is 364. The highest BCUT2D eigenvalue weighted by Crippen LogP contribution is 2.15. The fourth-order valence-electron chi connectivity index (χ4n) is 1.54. The molecule has 5 nitrogen and oxygen atoms in total. The number of hydrogen-bond donors (Lipinski definition) is 2. The normalized spacial score (nSPS) is 15.0. The summed E-state index contributed by atoms with van der Waals surface area (Å²) in [6.45, 7) is 2.47. The van der Waals surface area contributed by atoms with Crippen LogP contribution in [-0.2, 0) is 0 Å². The van der Waals surface area contributed by atoms with Gasteiger partial charge in [0.15, 0.2) is 0 Å². The number of benzene rings is 1. The van der Waals surface area contributed by atoms with E-state index in [-0.39, 0.29) is 11.8 Å². The first-order chi connectivity index (χ1) is 7.75. The summed E-state index contributed by atoms with van der Waals surface area (Å²) in [4.78, 5) is 12.9. The van der Waals surface area contributed by atoms with Gasteiger partial charge in [-0.25, -0.2) is 4.79 Å². The van der Waals surface area contributed by atoms with E-state index in [1.165, 1.54) is 0 Å². The lowest BCUT2D eigenvalue weighted by Crippen LogP contribution is -2.31. The Morgan fingerprint density at radius 3 is 2.75 bits per heavy atom. The number of carbonyl (C=O) groups is 1. The molecule has 1 fully saturated rings. The smallest absolute Gasteiger partial charge is 0.317 e. The van der Waals surface area contributed by atoms with E-state index in [0.717, 1.165) is 6.54 Å². The van der Waals surface area contributed by atoms with E-state index in [2.05, 4.69) is 5.32 Å². The SMILES string of the molecule is O=C1NCCN1CCOc1ccc(O)cc1. The van der Waals surface area contributed by atoms with Gasteiger partial charge in [-0.3, -0.25) is 0 Å². The molecule has 0 bridgehead atoms. The van der Waals surface area contributed by atoms with E-state index < -0.39 is 0 Å². The number of phenols is 1. The maximum atomic E-state index is 11.2. The molecule has 1 aromatic rings. The summed E-state index contributed by atoms with van der Waals surface area (Å²) in [5, 5.41) is 11.8. The molecule has 1 aromatic carbocycles. The molecule has 0 radical (unpaired) electrons. The Hall–Kier alpha value is -1.91. The van der Waals surface area contributed by atoms with E-state index in [1.54, 1.807) is 29.2 Å². The van der Waals surface area contributed by atoms with Gasteiger partial charge in [0.25, 0.3) is 0 Å². The average Bonchev–Trinajstić information content (AvgIpc) is 2.68. The molecule has 2 N–H and O–H groups in total. The van der Waals surface area contributed by atoms with Gasteiger partial charge in [-0.2, -0.15) is 0 Å². The first-order valence-electron chi connectivity index (χ1n) is 5.20. The lowest BCUT2D eigenvalue weighted by molar-refractivity contribution is 0.202. The van der Waals surface area contributed by atoms with Gasteiger partial charge in [-0.1, -0.05) is 0 Å². The van der Waals surface area contributed by atoms with Gasteiger partial charge in [-0.05, 0) is 24.3 Å². The first kappa shape index (κ1) is 10.6. The molecule has 0 aliphatic carbocycles. The second-order valence-electron chi connectivity index (χ2n) is 3.56. The molecule has 0 saturated carbocycles. The monoisotopic (exact) mass is 222 g/mol. The molecule has 2 rings (SSSR count). The van der Waals surface area contributed by atoms with Crippen molar-refractivity contribution in [2.75, 3.05) is 26.2 Å². The van der Waals surface area contributed by atoms with Crippen molar-refractivity contribution >= 4 is 6.03 Å². The maximum Gasteiger partial charge on any atom is 0.317 e. The van der Waals surface area contributed by atoms with Gasteiger partial charge < -0.3 is 20.1 Å². The molecule has 2 amide bonds. The second-order valence-corrected chi connectivity index (χ2v) is 3.56. The molecule has 1 saturated heterocycles. The Kier molecular flexibility index (Phi) is 3.14. The van der Waals surface area contributed by atoms with Crippen molar-refractivity contribution in [2.45, 2.75) is 0 Å². The van der Waals surface area contributed by atoms with Crippen LogP contribution in [0.3, 0.4) is 0 Å². The molecule has 0 spiro atoms. The fraction of sp³-hybridized carbons (Fsp3) is 0.364. The Balaban J connectivity index is 1.75. The molecule has 0 atom stereocenters. The zero-order valence-corrected chi connectivity index (χ0v) is 8.85. The van der Waals surface area contributed by atoms with Crippen LogP contribution in [0.1, 0.15) is 0 Å². The van der Waals surface area contributed by atoms with Crippen molar-refractivity contribution < 1.29 is 14.6 Å². The van der Waals surface area contributed by atoms with Crippen LogP contribution in [0.2, 0.25) is 0 Å². The topological polar surface area (TPSA) is 61.8 Å². The fourth-order valence-corrected chi connectivity index (χ4v) is 1.54.